The number of aromatic nitrogens is 1. The number of hydrogen-bond acceptors (Lipinski definition) is 7. The predicted octanol–water partition coefficient (Wildman–Crippen LogP) is 4.21. The highest BCUT2D eigenvalue weighted by Crippen LogP contribution is 2.31. The number of hydrazone groups is 1. The van der Waals surface area contributed by atoms with Gasteiger partial charge in [0.05, 0.1) is 28.8 Å². The van der Waals surface area contributed by atoms with Crippen molar-refractivity contribution in [1.82, 2.24) is 10.4 Å². The Bertz CT molecular complexity index is 1100. The Morgan fingerprint density at radius 2 is 2.00 bits per heavy atom. The maximum Gasteiger partial charge on any atom is 0.287 e. The van der Waals surface area contributed by atoms with Crippen LogP contribution in [0.4, 0.5) is 5.69 Å². The largest absolute Gasteiger partial charge is 0.493 e. The van der Waals surface area contributed by atoms with Crippen LogP contribution in [-0.4, -0.2) is 29.1 Å². The molecule has 3 aromatic rings. The Kier molecular flexibility index (Phi) is 6.56. The highest BCUT2D eigenvalue weighted by Gasteiger charge is 2.11. The SMILES string of the molecule is COc1cc(/C=N/NC(=O)c2ccccc2Cl)ccc1Oc1ccc([N+](=O)[O-])cn1. The summed E-state index contributed by atoms with van der Waals surface area (Å²) in [6.07, 6.45) is 2.54. The number of rotatable bonds is 7. The molecule has 0 saturated carbocycles. The van der Waals surface area contributed by atoms with E-state index in [1.807, 2.05) is 0 Å². The number of carbonyl (C=O) groups is 1. The Morgan fingerprint density at radius 3 is 2.67 bits per heavy atom. The molecule has 30 heavy (non-hydrogen) atoms. The van der Waals surface area contributed by atoms with E-state index in [-0.39, 0.29) is 11.6 Å². The first kappa shape index (κ1) is 20.7. The summed E-state index contributed by atoms with van der Waals surface area (Å²) >= 11 is 5.98. The number of amides is 1. The van der Waals surface area contributed by atoms with Gasteiger partial charge < -0.3 is 9.47 Å². The van der Waals surface area contributed by atoms with Crippen molar-refractivity contribution in [2.45, 2.75) is 0 Å². The lowest BCUT2D eigenvalue weighted by Gasteiger charge is -2.10. The van der Waals surface area contributed by atoms with Crippen LogP contribution in [0.2, 0.25) is 5.02 Å². The van der Waals surface area contributed by atoms with Gasteiger partial charge >= 0.3 is 0 Å². The van der Waals surface area contributed by atoms with E-state index in [2.05, 4.69) is 15.5 Å². The highest BCUT2D eigenvalue weighted by atomic mass is 35.5. The standard InChI is InChI=1S/C20H15ClN4O5/c1-29-18-10-13(11-23-24-20(26)15-4-2-3-5-16(15)21)6-8-17(18)30-19-9-7-14(12-22-19)25(27)28/h2-12H,1H3,(H,24,26)/b23-11+. The van der Waals surface area contributed by atoms with Crippen LogP contribution >= 0.6 is 11.6 Å². The van der Waals surface area contributed by atoms with Gasteiger partial charge in [0, 0.05) is 12.1 Å². The summed E-state index contributed by atoms with van der Waals surface area (Å²) in [7, 11) is 1.46. The molecule has 2 aromatic carbocycles. The summed E-state index contributed by atoms with van der Waals surface area (Å²) in [6.45, 7) is 0. The van der Waals surface area contributed by atoms with Crippen molar-refractivity contribution in [1.29, 1.82) is 0 Å². The minimum Gasteiger partial charge on any atom is -0.493 e. The molecule has 0 radical (unpaired) electrons. The van der Waals surface area contributed by atoms with Crippen LogP contribution in [0.1, 0.15) is 15.9 Å². The number of hydrogen-bond donors (Lipinski definition) is 1. The van der Waals surface area contributed by atoms with Crippen molar-refractivity contribution in [2.24, 2.45) is 5.10 Å². The zero-order valence-corrected chi connectivity index (χ0v) is 16.4. The second kappa shape index (κ2) is 9.48. The molecule has 0 spiro atoms. The summed E-state index contributed by atoms with van der Waals surface area (Å²) < 4.78 is 10.9. The molecule has 0 aliphatic heterocycles. The molecule has 3 rings (SSSR count). The van der Waals surface area contributed by atoms with Gasteiger partial charge in [-0.1, -0.05) is 23.7 Å². The van der Waals surface area contributed by atoms with Crippen molar-refractivity contribution in [3.05, 3.63) is 87.1 Å². The first-order valence-corrected chi connectivity index (χ1v) is 8.90. The Balaban J connectivity index is 1.69. The van der Waals surface area contributed by atoms with Gasteiger partial charge in [0.2, 0.25) is 5.88 Å². The molecule has 152 valence electrons. The number of carbonyl (C=O) groups excluding carboxylic acids is 1. The molecular formula is C20H15ClN4O5. The molecule has 0 bridgehead atoms. The van der Waals surface area contributed by atoms with Crippen LogP contribution < -0.4 is 14.9 Å². The number of nitrogens with zero attached hydrogens (tertiary/aromatic N) is 3. The van der Waals surface area contributed by atoms with Crippen LogP contribution in [-0.2, 0) is 0 Å². The number of halogens is 1. The lowest BCUT2D eigenvalue weighted by molar-refractivity contribution is -0.385. The lowest BCUT2D eigenvalue weighted by atomic mass is 10.2. The summed E-state index contributed by atoms with van der Waals surface area (Å²) in [4.78, 5) is 26.1. The quantitative estimate of drug-likeness (QED) is 0.343. The lowest BCUT2D eigenvalue weighted by Crippen LogP contribution is -2.17. The van der Waals surface area contributed by atoms with E-state index in [0.717, 1.165) is 6.20 Å². The van der Waals surface area contributed by atoms with Crippen molar-refractivity contribution in [2.75, 3.05) is 7.11 Å². The molecule has 0 aliphatic rings. The van der Waals surface area contributed by atoms with E-state index in [9.17, 15) is 14.9 Å². The van der Waals surface area contributed by atoms with E-state index in [1.54, 1.807) is 42.5 Å². The monoisotopic (exact) mass is 426 g/mol. The maximum atomic E-state index is 12.1. The summed E-state index contributed by atoms with van der Waals surface area (Å²) in [6, 6.07) is 14.3. The number of nitrogens with one attached hydrogen (secondary N) is 1. The van der Waals surface area contributed by atoms with E-state index in [4.69, 9.17) is 21.1 Å². The van der Waals surface area contributed by atoms with Gasteiger partial charge in [-0.05, 0) is 35.9 Å². The third-order valence-electron chi connectivity index (χ3n) is 3.83. The predicted molar refractivity (Wildman–Crippen MR) is 110 cm³/mol. The van der Waals surface area contributed by atoms with Crippen LogP contribution in [0.3, 0.4) is 0 Å². The normalized spacial score (nSPS) is 10.6. The number of methoxy groups -OCH3 is 1. The molecule has 0 aliphatic carbocycles. The molecule has 1 N–H and O–H groups in total. The third kappa shape index (κ3) is 5.09. The Hall–Kier alpha value is -3.98. The van der Waals surface area contributed by atoms with Crippen LogP contribution in [0.25, 0.3) is 0 Å². The van der Waals surface area contributed by atoms with E-state index >= 15 is 0 Å². The zero-order valence-electron chi connectivity index (χ0n) is 15.6. The maximum absolute atomic E-state index is 12.1. The van der Waals surface area contributed by atoms with Crippen molar-refractivity contribution in [3.8, 4) is 17.4 Å². The number of benzene rings is 2. The van der Waals surface area contributed by atoms with Crippen molar-refractivity contribution in [3.63, 3.8) is 0 Å². The molecule has 1 amide bonds. The molecule has 1 heterocycles. The average Bonchev–Trinajstić information content (AvgIpc) is 2.75. The van der Waals surface area contributed by atoms with Crippen LogP contribution in [0, 0.1) is 10.1 Å². The third-order valence-corrected chi connectivity index (χ3v) is 4.16. The molecule has 0 fully saturated rings. The highest BCUT2D eigenvalue weighted by molar-refractivity contribution is 6.33. The van der Waals surface area contributed by atoms with Gasteiger partial charge in [0.15, 0.2) is 11.5 Å². The molecule has 1 aromatic heterocycles. The minimum absolute atomic E-state index is 0.139. The molecule has 9 nitrogen and oxygen atoms in total. The van der Waals surface area contributed by atoms with Crippen molar-refractivity contribution < 1.29 is 19.2 Å². The fourth-order valence-electron chi connectivity index (χ4n) is 2.37. The Labute approximate surface area is 176 Å². The van der Waals surface area contributed by atoms with Gasteiger partial charge in [-0.25, -0.2) is 10.4 Å². The van der Waals surface area contributed by atoms with E-state index in [0.29, 0.717) is 27.6 Å². The molecule has 0 saturated heterocycles. The smallest absolute Gasteiger partial charge is 0.287 e. The second-order valence-electron chi connectivity index (χ2n) is 5.80. The summed E-state index contributed by atoms with van der Waals surface area (Å²) in [5.41, 5.74) is 3.21. The van der Waals surface area contributed by atoms with Crippen LogP contribution in [0.5, 0.6) is 17.4 Å². The van der Waals surface area contributed by atoms with Crippen molar-refractivity contribution >= 4 is 29.4 Å². The van der Waals surface area contributed by atoms with Crippen LogP contribution in [0.15, 0.2) is 65.9 Å². The van der Waals surface area contributed by atoms with E-state index in [1.165, 1.54) is 25.5 Å². The average molecular weight is 427 g/mol. The fraction of sp³-hybridized carbons (Fsp3) is 0.0500. The second-order valence-corrected chi connectivity index (χ2v) is 6.21. The summed E-state index contributed by atoms with van der Waals surface area (Å²) in [5.74, 6) is 0.480. The number of pyridine rings is 1. The van der Waals surface area contributed by atoms with Gasteiger partial charge in [-0.15, -0.1) is 0 Å². The van der Waals surface area contributed by atoms with E-state index < -0.39 is 10.8 Å². The summed E-state index contributed by atoms with van der Waals surface area (Å²) in [5, 5.41) is 14.9. The van der Waals surface area contributed by atoms with Gasteiger partial charge in [0.25, 0.3) is 11.6 Å². The van der Waals surface area contributed by atoms with Gasteiger partial charge in [-0.3, -0.25) is 14.9 Å². The number of nitro groups is 1. The molecule has 0 unspecified atom stereocenters. The first-order valence-electron chi connectivity index (χ1n) is 8.52. The molecule has 0 atom stereocenters. The van der Waals surface area contributed by atoms with Gasteiger partial charge in [0.1, 0.15) is 6.20 Å². The minimum atomic E-state index is -0.546. The molecular weight excluding hydrogens is 412 g/mol. The first-order chi connectivity index (χ1) is 14.5. The molecule has 10 heteroatoms. The fourth-order valence-corrected chi connectivity index (χ4v) is 2.59. The topological polar surface area (TPSA) is 116 Å². The number of ether oxygens (including phenoxy) is 2. The van der Waals surface area contributed by atoms with Gasteiger partial charge in [-0.2, -0.15) is 5.10 Å². The Morgan fingerprint density at radius 1 is 1.20 bits per heavy atom. The zero-order chi connectivity index (χ0) is 21.5.